The highest BCUT2D eigenvalue weighted by molar-refractivity contribution is 5.85. The molecule has 0 aromatic rings. The molecule has 0 aromatic heterocycles. The van der Waals surface area contributed by atoms with Crippen molar-refractivity contribution < 1.29 is 19.5 Å². The van der Waals surface area contributed by atoms with Crippen LogP contribution in [-0.4, -0.2) is 54.1 Å². The van der Waals surface area contributed by atoms with Crippen molar-refractivity contribution in [3.05, 3.63) is 0 Å². The van der Waals surface area contributed by atoms with Crippen LogP contribution in [0.1, 0.15) is 45.4 Å². The fourth-order valence-electron chi connectivity index (χ4n) is 4.59. The number of carboxylic acids is 1. The first-order valence-electron chi connectivity index (χ1n) is 8.98. The van der Waals surface area contributed by atoms with E-state index in [-0.39, 0.29) is 24.4 Å². The SMILES string of the molecule is CCNC(=O)C1(CNC(=O)N2C[C@@H]3CCC[C@@]3(C(=O)O)C2)CCC1. The molecule has 0 unspecified atom stereocenters. The van der Waals surface area contributed by atoms with Gasteiger partial charge >= 0.3 is 12.0 Å². The Labute approximate surface area is 142 Å². The second-order valence-electron chi connectivity index (χ2n) is 7.58. The highest BCUT2D eigenvalue weighted by Crippen LogP contribution is 2.49. The van der Waals surface area contributed by atoms with Gasteiger partial charge in [-0.25, -0.2) is 4.79 Å². The molecular weight excluding hydrogens is 310 g/mol. The van der Waals surface area contributed by atoms with Gasteiger partial charge in [0.2, 0.25) is 5.91 Å². The molecule has 3 aliphatic rings. The van der Waals surface area contributed by atoms with Crippen molar-refractivity contribution in [2.24, 2.45) is 16.7 Å². The molecule has 3 N–H and O–H groups in total. The van der Waals surface area contributed by atoms with Gasteiger partial charge in [0.1, 0.15) is 0 Å². The van der Waals surface area contributed by atoms with Crippen LogP contribution in [0.5, 0.6) is 0 Å². The lowest BCUT2D eigenvalue weighted by Crippen LogP contribution is -2.54. The zero-order valence-electron chi connectivity index (χ0n) is 14.3. The third kappa shape index (κ3) is 2.63. The van der Waals surface area contributed by atoms with Gasteiger partial charge in [0.25, 0.3) is 0 Å². The molecule has 1 aliphatic heterocycles. The predicted molar refractivity (Wildman–Crippen MR) is 87.3 cm³/mol. The van der Waals surface area contributed by atoms with Crippen LogP contribution in [0.2, 0.25) is 0 Å². The minimum Gasteiger partial charge on any atom is -0.481 e. The van der Waals surface area contributed by atoms with Gasteiger partial charge in [0, 0.05) is 26.2 Å². The smallest absolute Gasteiger partial charge is 0.317 e. The molecule has 3 rings (SSSR count). The normalized spacial score (nSPS) is 30.4. The summed E-state index contributed by atoms with van der Waals surface area (Å²) < 4.78 is 0. The zero-order chi connectivity index (χ0) is 17.4. The quantitative estimate of drug-likeness (QED) is 0.702. The average Bonchev–Trinajstić information content (AvgIpc) is 3.04. The molecule has 2 aliphatic carbocycles. The van der Waals surface area contributed by atoms with Crippen molar-refractivity contribution in [1.82, 2.24) is 15.5 Å². The van der Waals surface area contributed by atoms with Gasteiger partial charge in [0.15, 0.2) is 0 Å². The number of carbonyl (C=O) groups is 3. The van der Waals surface area contributed by atoms with E-state index >= 15 is 0 Å². The highest BCUT2D eigenvalue weighted by atomic mass is 16.4. The molecule has 1 saturated heterocycles. The Morgan fingerprint density at radius 2 is 1.92 bits per heavy atom. The van der Waals surface area contributed by atoms with Gasteiger partial charge in [-0.1, -0.05) is 12.8 Å². The molecule has 7 nitrogen and oxygen atoms in total. The summed E-state index contributed by atoms with van der Waals surface area (Å²) >= 11 is 0. The van der Waals surface area contributed by atoms with Crippen LogP contribution < -0.4 is 10.6 Å². The van der Waals surface area contributed by atoms with E-state index in [1.807, 2.05) is 6.92 Å². The zero-order valence-corrected chi connectivity index (χ0v) is 14.3. The minimum absolute atomic E-state index is 0.0110. The molecule has 3 amide bonds. The van der Waals surface area contributed by atoms with Crippen LogP contribution >= 0.6 is 0 Å². The monoisotopic (exact) mass is 337 g/mol. The van der Waals surface area contributed by atoms with E-state index in [1.54, 1.807) is 4.90 Å². The molecule has 3 fully saturated rings. The van der Waals surface area contributed by atoms with Crippen LogP contribution in [0.4, 0.5) is 4.79 Å². The summed E-state index contributed by atoms with van der Waals surface area (Å²) in [5.41, 5.74) is -1.24. The van der Waals surface area contributed by atoms with E-state index in [9.17, 15) is 19.5 Å². The number of hydrogen-bond donors (Lipinski definition) is 3. The largest absolute Gasteiger partial charge is 0.481 e. The van der Waals surface area contributed by atoms with E-state index in [2.05, 4.69) is 10.6 Å². The summed E-state index contributed by atoms with van der Waals surface area (Å²) in [6.07, 6.45) is 5.04. The fraction of sp³-hybridized carbons (Fsp3) is 0.824. The highest BCUT2D eigenvalue weighted by Gasteiger charge is 2.56. The Morgan fingerprint density at radius 3 is 2.46 bits per heavy atom. The summed E-state index contributed by atoms with van der Waals surface area (Å²) in [6, 6.07) is -0.236. The first-order chi connectivity index (χ1) is 11.4. The fourth-order valence-corrected chi connectivity index (χ4v) is 4.59. The molecule has 0 bridgehead atoms. The molecule has 0 spiro atoms. The predicted octanol–water partition coefficient (Wildman–Crippen LogP) is 1.19. The van der Waals surface area contributed by atoms with Crippen LogP contribution in [0.25, 0.3) is 0 Å². The van der Waals surface area contributed by atoms with Crippen molar-refractivity contribution in [1.29, 1.82) is 0 Å². The molecule has 1 heterocycles. The van der Waals surface area contributed by atoms with Crippen LogP contribution in [0.3, 0.4) is 0 Å². The number of aliphatic carboxylic acids is 1. The summed E-state index contributed by atoms with van der Waals surface area (Å²) in [5, 5.41) is 15.3. The second-order valence-corrected chi connectivity index (χ2v) is 7.58. The van der Waals surface area contributed by atoms with Crippen LogP contribution in [-0.2, 0) is 9.59 Å². The lowest BCUT2D eigenvalue weighted by molar-refractivity contribution is -0.149. The summed E-state index contributed by atoms with van der Waals surface area (Å²) in [5.74, 6) is -0.711. The Kier molecular flexibility index (Phi) is 4.44. The molecule has 134 valence electrons. The number of fused-ring (bicyclic) bond motifs is 1. The summed E-state index contributed by atoms with van der Waals surface area (Å²) in [6.45, 7) is 3.60. The summed E-state index contributed by atoms with van der Waals surface area (Å²) in [4.78, 5) is 38.0. The number of nitrogens with zero attached hydrogens (tertiary/aromatic N) is 1. The van der Waals surface area contributed by atoms with Gasteiger partial charge in [0.05, 0.1) is 10.8 Å². The number of hydrogen-bond acceptors (Lipinski definition) is 3. The maximum absolute atomic E-state index is 12.5. The third-order valence-corrected chi connectivity index (χ3v) is 6.29. The number of nitrogens with one attached hydrogen (secondary N) is 2. The topological polar surface area (TPSA) is 98.7 Å². The average molecular weight is 337 g/mol. The number of rotatable bonds is 5. The van der Waals surface area contributed by atoms with Crippen LogP contribution in [0.15, 0.2) is 0 Å². The third-order valence-electron chi connectivity index (χ3n) is 6.29. The van der Waals surface area contributed by atoms with Crippen LogP contribution in [0, 0.1) is 16.7 Å². The molecule has 7 heteroatoms. The van der Waals surface area contributed by atoms with Crippen molar-refractivity contribution in [2.75, 3.05) is 26.2 Å². The summed E-state index contributed by atoms with van der Waals surface area (Å²) in [7, 11) is 0. The van der Waals surface area contributed by atoms with E-state index in [4.69, 9.17) is 0 Å². The first-order valence-corrected chi connectivity index (χ1v) is 8.98. The van der Waals surface area contributed by atoms with E-state index in [0.717, 1.165) is 32.1 Å². The number of urea groups is 1. The number of likely N-dealkylation sites (tertiary alicyclic amines) is 1. The van der Waals surface area contributed by atoms with Gasteiger partial charge in [-0.15, -0.1) is 0 Å². The second kappa shape index (κ2) is 6.26. The van der Waals surface area contributed by atoms with Gasteiger partial charge in [-0.2, -0.15) is 0 Å². The molecule has 2 saturated carbocycles. The van der Waals surface area contributed by atoms with Gasteiger partial charge in [-0.05, 0) is 38.5 Å². The Bertz CT molecular complexity index is 546. The lowest BCUT2D eigenvalue weighted by Gasteiger charge is -2.40. The molecular formula is C17H27N3O4. The van der Waals surface area contributed by atoms with Crippen molar-refractivity contribution in [3.63, 3.8) is 0 Å². The van der Waals surface area contributed by atoms with E-state index in [0.29, 0.717) is 26.1 Å². The Hall–Kier alpha value is -1.79. The minimum atomic E-state index is -0.780. The number of carbonyl (C=O) groups excluding carboxylic acids is 2. The van der Waals surface area contributed by atoms with Crippen molar-refractivity contribution >= 4 is 17.9 Å². The molecule has 0 radical (unpaired) electrons. The van der Waals surface area contributed by atoms with Gasteiger partial charge < -0.3 is 20.6 Å². The van der Waals surface area contributed by atoms with E-state index in [1.165, 1.54) is 0 Å². The molecule has 0 aromatic carbocycles. The van der Waals surface area contributed by atoms with Gasteiger partial charge in [-0.3, -0.25) is 9.59 Å². The standard InChI is InChI=1S/C17H27N3O4/c1-2-18-13(21)16(6-4-7-16)10-19-15(24)20-9-12-5-3-8-17(12,11-20)14(22)23/h12H,2-11H2,1H3,(H,18,21)(H,19,24)(H,22,23)/t12-,17+/m0/s1. The maximum Gasteiger partial charge on any atom is 0.317 e. The van der Waals surface area contributed by atoms with E-state index < -0.39 is 16.8 Å². The first kappa shape index (κ1) is 17.0. The molecule has 24 heavy (non-hydrogen) atoms. The molecule has 2 atom stereocenters. The number of carboxylic acid groups (broad SMARTS) is 1. The van der Waals surface area contributed by atoms with Crippen molar-refractivity contribution in [3.8, 4) is 0 Å². The Balaban J connectivity index is 1.58. The Morgan fingerprint density at radius 1 is 1.17 bits per heavy atom. The van der Waals surface area contributed by atoms with Crippen molar-refractivity contribution in [2.45, 2.75) is 45.4 Å². The maximum atomic E-state index is 12.5. The number of amides is 3. The lowest BCUT2D eigenvalue weighted by atomic mass is 9.68.